The van der Waals surface area contributed by atoms with Crippen LogP contribution in [0.5, 0.6) is 0 Å². The first kappa shape index (κ1) is 10.7. The summed E-state index contributed by atoms with van der Waals surface area (Å²) >= 11 is 0. The predicted molar refractivity (Wildman–Crippen MR) is 46.9 cm³/mol. The molecule has 1 saturated heterocycles. The maximum Gasteiger partial charge on any atom is 0.304 e. The quantitative estimate of drug-likeness (QED) is 0.473. The Morgan fingerprint density at radius 2 is 2.00 bits per heavy atom. The zero-order valence-electron chi connectivity index (χ0n) is 8.44. The number of carbonyl (C=O) groups excluding carboxylic acids is 3. The van der Waals surface area contributed by atoms with Gasteiger partial charge in [0.25, 0.3) is 0 Å². The second-order valence-corrected chi connectivity index (χ2v) is 3.24. The van der Waals surface area contributed by atoms with Crippen LogP contribution in [0.25, 0.3) is 0 Å². The molecule has 1 aliphatic rings. The highest BCUT2D eigenvalue weighted by atomic mass is 16.6. The molecule has 2 amide bonds. The number of esters is 1. The van der Waals surface area contributed by atoms with Gasteiger partial charge >= 0.3 is 5.97 Å². The topological polar surface area (TPSA) is 63.7 Å². The molecule has 1 fully saturated rings. The summed E-state index contributed by atoms with van der Waals surface area (Å²) in [5.74, 6) is -1.48. The summed E-state index contributed by atoms with van der Waals surface area (Å²) in [6, 6.07) is 0. The highest BCUT2D eigenvalue weighted by Gasteiger charge is 2.50. The molecular weight excluding hydrogens is 186 g/mol. The first-order chi connectivity index (χ1) is 6.49. The van der Waals surface area contributed by atoms with Gasteiger partial charge in [0, 0.05) is 13.8 Å². The number of nitrogens with zero attached hydrogens (tertiary/aromatic N) is 1. The van der Waals surface area contributed by atoms with Crippen LogP contribution < -0.4 is 0 Å². The van der Waals surface area contributed by atoms with Gasteiger partial charge in [-0.25, -0.2) is 4.90 Å². The smallest absolute Gasteiger partial charge is 0.304 e. The zero-order valence-corrected chi connectivity index (χ0v) is 8.44. The standard InChI is InChI=1S/C9H13NO4/c1-4-7-8(13)10(5(2)11)9(7)14-6(3)12/h7,9H,4H2,1-3H3/t7-,9+/m1/s1. The van der Waals surface area contributed by atoms with E-state index in [-0.39, 0.29) is 17.7 Å². The maximum absolute atomic E-state index is 11.3. The molecule has 0 saturated carbocycles. The first-order valence-electron chi connectivity index (χ1n) is 4.49. The van der Waals surface area contributed by atoms with Gasteiger partial charge < -0.3 is 4.74 Å². The number of amides is 2. The Morgan fingerprint density at radius 1 is 1.43 bits per heavy atom. The van der Waals surface area contributed by atoms with Crippen LogP contribution in [0.1, 0.15) is 27.2 Å². The van der Waals surface area contributed by atoms with Crippen molar-refractivity contribution in [1.82, 2.24) is 4.90 Å². The first-order valence-corrected chi connectivity index (χ1v) is 4.49. The molecular formula is C9H13NO4. The predicted octanol–water partition coefficient (Wildman–Crippen LogP) is 0.290. The SMILES string of the molecule is CC[C@@H]1C(=O)N(C(C)=O)[C@H]1OC(C)=O. The number of ether oxygens (including phenoxy) is 1. The van der Waals surface area contributed by atoms with Crippen LogP contribution in [-0.4, -0.2) is 28.9 Å². The lowest BCUT2D eigenvalue weighted by Gasteiger charge is -2.43. The molecule has 2 atom stereocenters. The molecule has 0 aliphatic carbocycles. The van der Waals surface area contributed by atoms with E-state index in [0.29, 0.717) is 6.42 Å². The third-order valence-electron chi connectivity index (χ3n) is 2.22. The fourth-order valence-electron chi connectivity index (χ4n) is 1.54. The van der Waals surface area contributed by atoms with E-state index >= 15 is 0 Å². The molecule has 0 N–H and O–H groups in total. The molecule has 0 aromatic rings. The van der Waals surface area contributed by atoms with Crippen LogP contribution in [0.3, 0.4) is 0 Å². The Hall–Kier alpha value is -1.39. The van der Waals surface area contributed by atoms with Crippen molar-refractivity contribution in [2.24, 2.45) is 5.92 Å². The molecule has 1 rings (SSSR count). The van der Waals surface area contributed by atoms with Crippen molar-refractivity contribution in [2.75, 3.05) is 0 Å². The third-order valence-corrected chi connectivity index (χ3v) is 2.22. The van der Waals surface area contributed by atoms with Crippen LogP contribution in [0.4, 0.5) is 0 Å². The van der Waals surface area contributed by atoms with Crippen molar-refractivity contribution in [3.8, 4) is 0 Å². The van der Waals surface area contributed by atoms with E-state index < -0.39 is 12.2 Å². The van der Waals surface area contributed by atoms with Crippen LogP contribution in [-0.2, 0) is 19.1 Å². The van der Waals surface area contributed by atoms with Crippen LogP contribution in [0.15, 0.2) is 0 Å². The second-order valence-electron chi connectivity index (χ2n) is 3.24. The molecule has 0 aromatic heterocycles. The van der Waals surface area contributed by atoms with Gasteiger partial charge in [0.1, 0.15) is 0 Å². The van der Waals surface area contributed by atoms with Crippen molar-refractivity contribution >= 4 is 17.8 Å². The highest BCUT2D eigenvalue weighted by Crippen LogP contribution is 2.30. The van der Waals surface area contributed by atoms with Gasteiger partial charge in [-0.3, -0.25) is 14.4 Å². The minimum absolute atomic E-state index is 0.258. The van der Waals surface area contributed by atoms with Gasteiger partial charge in [-0.1, -0.05) is 6.92 Å². The number of carbonyl (C=O) groups is 3. The van der Waals surface area contributed by atoms with Gasteiger partial charge in [-0.2, -0.15) is 0 Å². The van der Waals surface area contributed by atoms with E-state index in [9.17, 15) is 14.4 Å². The molecule has 5 heteroatoms. The minimum atomic E-state index is -0.692. The summed E-state index contributed by atoms with van der Waals surface area (Å²) in [7, 11) is 0. The van der Waals surface area contributed by atoms with Gasteiger partial charge in [0.2, 0.25) is 11.8 Å². The molecule has 0 aromatic carbocycles. The van der Waals surface area contributed by atoms with E-state index in [2.05, 4.69) is 0 Å². The van der Waals surface area contributed by atoms with E-state index in [0.717, 1.165) is 4.90 Å². The lowest BCUT2D eigenvalue weighted by molar-refractivity contribution is -0.199. The molecule has 78 valence electrons. The van der Waals surface area contributed by atoms with E-state index in [1.807, 2.05) is 6.92 Å². The third kappa shape index (κ3) is 1.62. The highest BCUT2D eigenvalue weighted by molar-refractivity contribution is 6.01. The second kappa shape index (κ2) is 3.77. The number of β-lactam (4-membered cyclic amide) rings is 1. The molecule has 14 heavy (non-hydrogen) atoms. The van der Waals surface area contributed by atoms with Gasteiger partial charge in [0.15, 0.2) is 6.23 Å². The molecule has 0 bridgehead atoms. The fraction of sp³-hybridized carbons (Fsp3) is 0.667. The average Bonchev–Trinajstić information content (AvgIpc) is 2.02. The summed E-state index contributed by atoms with van der Waals surface area (Å²) in [4.78, 5) is 34.0. The lowest BCUT2D eigenvalue weighted by atomic mass is 9.93. The average molecular weight is 199 g/mol. The molecule has 0 unspecified atom stereocenters. The summed E-state index contributed by atoms with van der Waals surface area (Å²) in [6.45, 7) is 4.35. The Kier molecular flexibility index (Phi) is 2.88. The fourth-order valence-corrected chi connectivity index (χ4v) is 1.54. The summed E-state index contributed by atoms with van der Waals surface area (Å²) in [5, 5.41) is 0. The summed E-state index contributed by atoms with van der Waals surface area (Å²) in [5.41, 5.74) is 0. The number of rotatable bonds is 2. The Balaban J connectivity index is 2.73. The molecule has 5 nitrogen and oxygen atoms in total. The number of likely N-dealkylation sites (tertiary alicyclic amines) is 1. The largest absolute Gasteiger partial charge is 0.440 e. The van der Waals surface area contributed by atoms with Crippen molar-refractivity contribution < 1.29 is 19.1 Å². The Bertz CT molecular complexity index is 287. The monoisotopic (exact) mass is 199 g/mol. The lowest BCUT2D eigenvalue weighted by Crippen LogP contribution is -2.63. The number of hydrogen-bond donors (Lipinski definition) is 0. The van der Waals surface area contributed by atoms with Crippen LogP contribution in [0, 0.1) is 5.92 Å². The Morgan fingerprint density at radius 3 is 2.36 bits per heavy atom. The molecule has 1 heterocycles. The van der Waals surface area contributed by atoms with Crippen LogP contribution in [0.2, 0.25) is 0 Å². The van der Waals surface area contributed by atoms with E-state index in [4.69, 9.17) is 4.74 Å². The molecule has 0 spiro atoms. The van der Waals surface area contributed by atoms with E-state index in [1.165, 1.54) is 13.8 Å². The number of imide groups is 1. The van der Waals surface area contributed by atoms with Gasteiger partial charge in [0.05, 0.1) is 5.92 Å². The molecule has 1 aliphatic heterocycles. The van der Waals surface area contributed by atoms with E-state index in [1.54, 1.807) is 0 Å². The number of hydrogen-bond acceptors (Lipinski definition) is 4. The van der Waals surface area contributed by atoms with Crippen molar-refractivity contribution in [3.05, 3.63) is 0 Å². The zero-order chi connectivity index (χ0) is 10.9. The van der Waals surface area contributed by atoms with Gasteiger partial charge in [-0.05, 0) is 6.42 Å². The molecule has 0 radical (unpaired) electrons. The summed E-state index contributed by atoms with van der Waals surface area (Å²) in [6.07, 6.45) is -0.122. The Labute approximate surface area is 82.0 Å². The van der Waals surface area contributed by atoms with Crippen molar-refractivity contribution in [2.45, 2.75) is 33.4 Å². The minimum Gasteiger partial charge on any atom is -0.440 e. The maximum atomic E-state index is 11.3. The normalized spacial score (nSPS) is 25.6. The van der Waals surface area contributed by atoms with Crippen LogP contribution >= 0.6 is 0 Å². The van der Waals surface area contributed by atoms with Gasteiger partial charge in [-0.15, -0.1) is 0 Å². The van der Waals surface area contributed by atoms with Crippen molar-refractivity contribution in [1.29, 1.82) is 0 Å². The summed E-state index contributed by atoms with van der Waals surface area (Å²) < 4.78 is 4.88. The van der Waals surface area contributed by atoms with Crippen molar-refractivity contribution in [3.63, 3.8) is 0 Å².